The first-order valence-corrected chi connectivity index (χ1v) is 10.1. The van der Waals surface area contributed by atoms with Gasteiger partial charge in [0.1, 0.15) is 11.5 Å². The number of carbonyl (C=O) groups excluding carboxylic acids is 1. The normalized spacial score (nSPS) is 15.3. The molecular formula is C22H26N6O. The van der Waals surface area contributed by atoms with Crippen LogP contribution < -0.4 is 5.32 Å². The molecule has 7 nitrogen and oxygen atoms in total. The molecule has 1 atom stereocenters. The molecule has 4 rings (SSSR count). The summed E-state index contributed by atoms with van der Waals surface area (Å²) in [7, 11) is 0. The fraction of sp³-hybridized carbons (Fsp3) is 0.364. The van der Waals surface area contributed by atoms with Gasteiger partial charge < -0.3 is 14.8 Å². The van der Waals surface area contributed by atoms with E-state index in [2.05, 4.69) is 67.2 Å². The quantitative estimate of drug-likeness (QED) is 0.699. The molecule has 0 aliphatic carbocycles. The van der Waals surface area contributed by atoms with Gasteiger partial charge in [0.2, 0.25) is 0 Å². The minimum absolute atomic E-state index is 0.199. The molecular weight excluding hydrogens is 364 g/mol. The molecule has 1 aliphatic heterocycles. The van der Waals surface area contributed by atoms with Crippen molar-refractivity contribution < 1.29 is 4.79 Å². The third-order valence-corrected chi connectivity index (χ3v) is 5.40. The lowest BCUT2D eigenvalue weighted by molar-refractivity contribution is 0.0944. The van der Waals surface area contributed by atoms with Gasteiger partial charge in [0.15, 0.2) is 5.82 Å². The van der Waals surface area contributed by atoms with E-state index >= 15 is 0 Å². The van der Waals surface area contributed by atoms with Crippen LogP contribution in [0.2, 0.25) is 0 Å². The second-order valence-electron chi connectivity index (χ2n) is 7.44. The Kier molecular flexibility index (Phi) is 5.95. The molecule has 0 spiro atoms. The van der Waals surface area contributed by atoms with E-state index in [1.807, 2.05) is 0 Å². The van der Waals surface area contributed by atoms with Crippen LogP contribution in [0.25, 0.3) is 0 Å². The minimum Gasteiger partial charge on any atom is -0.343 e. The van der Waals surface area contributed by atoms with E-state index in [4.69, 9.17) is 0 Å². The predicted octanol–water partition coefficient (Wildman–Crippen LogP) is 2.26. The van der Waals surface area contributed by atoms with E-state index in [1.54, 1.807) is 24.4 Å². The highest BCUT2D eigenvalue weighted by atomic mass is 16.1. The second kappa shape index (κ2) is 8.96. The number of pyridine rings is 1. The van der Waals surface area contributed by atoms with Crippen LogP contribution >= 0.6 is 0 Å². The van der Waals surface area contributed by atoms with E-state index < -0.39 is 0 Å². The maximum atomic E-state index is 12.2. The zero-order valence-corrected chi connectivity index (χ0v) is 16.7. The fourth-order valence-corrected chi connectivity index (χ4v) is 3.76. The standard InChI is InChI=1S/C22H26N6O/c1-17(18-7-3-2-4-8-18)16-27-12-10-20-25-26-21(28(20)14-13-27)15-24-22(29)19-9-5-6-11-23-19/h2-9,11,17H,10,12-16H2,1H3,(H,24,29)/t17-/m1/s1. The Morgan fingerprint density at radius 2 is 1.90 bits per heavy atom. The number of nitrogens with zero attached hydrogens (tertiary/aromatic N) is 5. The predicted molar refractivity (Wildman–Crippen MR) is 110 cm³/mol. The molecule has 1 aliphatic rings. The van der Waals surface area contributed by atoms with Crippen molar-refractivity contribution in [3.8, 4) is 0 Å². The zero-order valence-electron chi connectivity index (χ0n) is 16.7. The molecule has 0 bridgehead atoms. The molecule has 0 unspecified atom stereocenters. The monoisotopic (exact) mass is 390 g/mol. The lowest BCUT2D eigenvalue weighted by Crippen LogP contribution is -2.31. The molecule has 3 aromatic rings. The Bertz CT molecular complexity index is 940. The number of hydrogen-bond donors (Lipinski definition) is 1. The maximum absolute atomic E-state index is 12.2. The first kappa shape index (κ1) is 19.3. The summed E-state index contributed by atoms with van der Waals surface area (Å²) in [6.07, 6.45) is 2.48. The first-order valence-electron chi connectivity index (χ1n) is 10.1. The number of benzene rings is 1. The van der Waals surface area contributed by atoms with Crippen molar-refractivity contribution in [1.82, 2.24) is 30.0 Å². The van der Waals surface area contributed by atoms with E-state index in [0.29, 0.717) is 18.2 Å². The Hall–Kier alpha value is -3.06. The second-order valence-corrected chi connectivity index (χ2v) is 7.44. The van der Waals surface area contributed by atoms with Crippen LogP contribution in [0.15, 0.2) is 54.7 Å². The summed E-state index contributed by atoms with van der Waals surface area (Å²) in [4.78, 5) is 18.8. The third kappa shape index (κ3) is 4.68. The Labute approximate surface area is 170 Å². The van der Waals surface area contributed by atoms with Crippen molar-refractivity contribution in [2.45, 2.75) is 32.4 Å². The van der Waals surface area contributed by atoms with Crippen molar-refractivity contribution in [2.75, 3.05) is 19.6 Å². The van der Waals surface area contributed by atoms with Gasteiger partial charge in [0.25, 0.3) is 5.91 Å². The first-order chi connectivity index (χ1) is 14.2. The lowest BCUT2D eigenvalue weighted by Gasteiger charge is -2.24. The summed E-state index contributed by atoms with van der Waals surface area (Å²) >= 11 is 0. The lowest BCUT2D eigenvalue weighted by atomic mass is 10.0. The smallest absolute Gasteiger partial charge is 0.270 e. The minimum atomic E-state index is -0.199. The molecule has 1 aromatic carbocycles. The number of carbonyl (C=O) groups is 1. The SMILES string of the molecule is C[C@H](CN1CCc2nnc(CNC(=O)c3ccccn3)n2CC1)c1ccccc1. The van der Waals surface area contributed by atoms with Gasteiger partial charge in [-0.25, -0.2) is 0 Å². The summed E-state index contributed by atoms with van der Waals surface area (Å²) in [6, 6.07) is 15.9. The molecule has 0 radical (unpaired) electrons. The number of fused-ring (bicyclic) bond motifs is 1. The molecule has 29 heavy (non-hydrogen) atoms. The van der Waals surface area contributed by atoms with Crippen LogP contribution in [0.3, 0.4) is 0 Å². The van der Waals surface area contributed by atoms with Crippen molar-refractivity contribution in [3.05, 3.63) is 77.6 Å². The van der Waals surface area contributed by atoms with E-state index in [1.165, 1.54) is 5.56 Å². The molecule has 0 fully saturated rings. The van der Waals surface area contributed by atoms with Gasteiger partial charge in [-0.15, -0.1) is 10.2 Å². The van der Waals surface area contributed by atoms with Crippen molar-refractivity contribution in [1.29, 1.82) is 0 Å². The van der Waals surface area contributed by atoms with E-state index in [9.17, 15) is 4.79 Å². The van der Waals surface area contributed by atoms with Crippen LogP contribution in [0.4, 0.5) is 0 Å². The number of amides is 1. The van der Waals surface area contributed by atoms with Crippen LogP contribution in [0.1, 0.15) is 40.5 Å². The van der Waals surface area contributed by atoms with Gasteiger partial charge in [0.05, 0.1) is 6.54 Å². The zero-order chi connectivity index (χ0) is 20.1. The van der Waals surface area contributed by atoms with Crippen molar-refractivity contribution in [3.63, 3.8) is 0 Å². The van der Waals surface area contributed by atoms with E-state index in [-0.39, 0.29) is 5.91 Å². The summed E-state index contributed by atoms with van der Waals surface area (Å²) in [6.45, 7) is 6.40. The van der Waals surface area contributed by atoms with Crippen LogP contribution in [0.5, 0.6) is 0 Å². The average molecular weight is 390 g/mol. The van der Waals surface area contributed by atoms with Gasteiger partial charge >= 0.3 is 0 Å². The molecule has 150 valence electrons. The topological polar surface area (TPSA) is 75.9 Å². The van der Waals surface area contributed by atoms with Gasteiger partial charge in [0, 0.05) is 38.8 Å². The van der Waals surface area contributed by atoms with Crippen LogP contribution in [0, 0.1) is 0 Å². The number of hydrogen-bond acceptors (Lipinski definition) is 5. The number of aromatic nitrogens is 4. The largest absolute Gasteiger partial charge is 0.343 e. The van der Waals surface area contributed by atoms with E-state index in [0.717, 1.165) is 44.2 Å². The number of nitrogens with one attached hydrogen (secondary N) is 1. The maximum Gasteiger partial charge on any atom is 0.270 e. The summed E-state index contributed by atoms with van der Waals surface area (Å²) in [5.74, 6) is 2.07. The van der Waals surface area contributed by atoms with Gasteiger partial charge in [-0.1, -0.05) is 43.3 Å². The molecule has 1 amide bonds. The van der Waals surface area contributed by atoms with Crippen LogP contribution in [-0.4, -0.2) is 50.2 Å². The number of rotatable bonds is 6. The highest BCUT2D eigenvalue weighted by Crippen LogP contribution is 2.18. The molecule has 0 saturated carbocycles. The van der Waals surface area contributed by atoms with Gasteiger partial charge in [-0.05, 0) is 23.6 Å². The summed E-state index contributed by atoms with van der Waals surface area (Å²) < 4.78 is 2.14. The third-order valence-electron chi connectivity index (χ3n) is 5.40. The highest BCUT2D eigenvalue weighted by molar-refractivity contribution is 5.92. The molecule has 0 saturated heterocycles. The Morgan fingerprint density at radius 3 is 2.69 bits per heavy atom. The van der Waals surface area contributed by atoms with Gasteiger partial charge in [-0.2, -0.15) is 0 Å². The molecule has 2 aromatic heterocycles. The van der Waals surface area contributed by atoms with Crippen molar-refractivity contribution >= 4 is 5.91 Å². The Morgan fingerprint density at radius 1 is 1.07 bits per heavy atom. The molecule has 3 heterocycles. The highest BCUT2D eigenvalue weighted by Gasteiger charge is 2.20. The Balaban J connectivity index is 1.35. The molecule has 7 heteroatoms. The fourth-order valence-electron chi connectivity index (χ4n) is 3.76. The summed E-state index contributed by atoms with van der Waals surface area (Å²) in [5.41, 5.74) is 1.78. The van der Waals surface area contributed by atoms with Crippen LogP contribution in [-0.2, 0) is 19.5 Å². The summed E-state index contributed by atoms with van der Waals surface area (Å²) in [5, 5.41) is 11.6. The molecule has 1 N–H and O–H groups in total. The van der Waals surface area contributed by atoms with Gasteiger partial charge in [-0.3, -0.25) is 9.78 Å². The van der Waals surface area contributed by atoms with Crippen molar-refractivity contribution in [2.24, 2.45) is 0 Å². The average Bonchev–Trinajstić information content (AvgIpc) is 3.05.